The molecule has 4 aromatic rings. The predicted octanol–water partition coefficient (Wildman–Crippen LogP) is 4.20. The Morgan fingerprint density at radius 3 is 2.68 bits per heavy atom. The summed E-state index contributed by atoms with van der Waals surface area (Å²) >= 11 is 0. The monoisotopic (exact) mass is 415 g/mol. The van der Waals surface area contributed by atoms with E-state index in [0.717, 1.165) is 34.6 Å². The number of carbonyl (C=O) groups excluding carboxylic acids is 1. The minimum Gasteiger partial charge on any atom is -0.497 e. The van der Waals surface area contributed by atoms with Crippen LogP contribution in [0.3, 0.4) is 0 Å². The maximum absolute atomic E-state index is 12.5. The van der Waals surface area contributed by atoms with Gasteiger partial charge in [0.2, 0.25) is 0 Å². The lowest BCUT2D eigenvalue weighted by molar-refractivity contribution is 0.0953. The van der Waals surface area contributed by atoms with Crippen LogP contribution in [0.1, 0.15) is 27.2 Å². The Labute approximate surface area is 181 Å². The Bertz CT molecular complexity index is 1180. The number of amides is 1. The fourth-order valence-corrected chi connectivity index (χ4v) is 3.37. The van der Waals surface area contributed by atoms with Crippen LogP contribution in [0.2, 0.25) is 0 Å². The van der Waals surface area contributed by atoms with Gasteiger partial charge in [0.15, 0.2) is 0 Å². The molecule has 2 aromatic heterocycles. The smallest absolute Gasteiger partial charge is 0.251 e. The van der Waals surface area contributed by atoms with Crippen LogP contribution in [-0.2, 0) is 13.0 Å². The second-order valence-corrected chi connectivity index (χ2v) is 7.32. The number of carbonyl (C=O) groups is 1. The first-order valence-electron chi connectivity index (χ1n) is 10.2. The number of ether oxygens (including phenoxy) is 2. The fraction of sp³-hybridized carbons (Fsp3) is 0.200. The average Bonchev–Trinajstić information content (AvgIpc) is 3.23. The molecule has 6 nitrogen and oxygen atoms in total. The lowest BCUT2D eigenvalue weighted by Crippen LogP contribution is -2.25. The molecule has 0 fully saturated rings. The number of aromatic nitrogens is 2. The highest BCUT2D eigenvalue weighted by molar-refractivity contribution is 5.94. The van der Waals surface area contributed by atoms with Crippen LogP contribution in [0.25, 0.3) is 5.65 Å². The van der Waals surface area contributed by atoms with E-state index in [0.29, 0.717) is 24.5 Å². The summed E-state index contributed by atoms with van der Waals surface area (Å²) in [5.41, 5.74) is 4.58. The third kappa shape index (κ3) is 5.04. The highest BCUT2D eigenvalue weighted by Gasteiger charge is 2.08. The first-order chi connectivity index (χ1) is 15.1. The summed E-state index contributed by atoms with van der Waals surface area (Å²) in [6.45, 7) is 2.92. The van der Waals surface area contributed by atoms with Gasteiger partial charge < -0.3 is 19.2 Å². The van der Waals surface area contributed by atoms with E-state index in [1.54, 1.807) is 19.2 Å². The number of fused-ring (bicyclic) bond motifs is 1. The van der Waals surface area contributed by atoms with Crippen LogP contribution in [0.4, 0.5) is 0 Å². The largest absolute Gasteiger partial charge is 0.497 e. The number of pyridine rings is 1. The van der Waals surface area contributed by atoms with E-state index in [1.165, 1.54) is 0 Å². The first kappa shape index (κ1) is 20.5. The molecule has 158 valence electrons. The zero-order valence-electron chi connectivity index (χ0n) is 17.7. The molecule has 0 bridgehead atoms. The lowest BCUT2D eigenvalue weighted by Gasteiger charge is -2.08. The summed E-state index contributed by atoms with van der Waals surface area (Å²) in [4.78, 5) is 17.1. The van der Waals surface area contributed by atoms with Gasteiger partial charge in [-0.15, -0.1) is 0 Å². The number of rotatable bonds is 8. The number of methoxy groups -OCH3 is 1. The Morgan fingerprint density at radius 1 is 1.06 bits per heavy atom. The molecule has 31 heavy (non-hydrogen) atoms. The van der Waals surface area contributed by atoms with Gasteiger partial charge in [-0.2, -0.15) is 0 Å². The van der Waals surface area contributed by atoms with Crippen LogP contribution >= 0.6 is 0 Å². The van der Waals surface area contributed by atoms with Gasteiger partial charge in [0, 0.05) is 24.5 Å². The van der Waals surface area contributed by atoms with Crippen molar-refractivity contribution in [3.8, 4) is 11.5 Å². The number of nitrogens with one attached hydrogen (secondary N) is 1. The van der Waals surface area contributed by atoms with Crippen LogP contribution < -0.4 is 14.8 Å². The molecule has 0 saturated carbocycles. The maximum atomic E-state index is 12.5. The molecule has 2 heterocycles. The van der Waals surface area contributed by atoms with Gasteiger partial charge in [0.1, 0.15) is 23.8 Å². The topological polar surface area (TPSA) is 64.9 Å². The van der Waals surface area contributed by atoms with Crippen molar-refractivity contribution in [1.29, 1.82) is 0 Å². The zero-order chi connectivity index (χ0) is 21.6. The molecule has 0 aliphatic heterocycles. The Balaban J connectivity index is 1.32. The molecule has 2 aromatic carbocycles. The van der Waals surface area contributed by atoms with Crippen molar-refractivity contribution in [2.24, 2.45) is 0 Å². The molecule has 0 unspecified atom stereocenters. The molecule has 0 atom stereocenters. The van der Waals surface area contributed by atoms with Crippen molar-refractivity contribution in [2.45, 2.75) is 20.0 Å². The number of benzene rings is 2. The predicted molar refractivity (Wildman–Crippen MR) is 120 cm³/mol. The average molecular weight is 415 g/mol. The number of imidazole rings is 1. The molecule has 0 radical (unpaired) electrons. The highest BCUT2D eigenvalue weighted by atomic mass is 16.5. The van der Waals surface area contributed by atoms with E-state index < -0.39 is 0 Å². The molecule has 6 heteroatoms. The minimum absolute atomic E-state index is 0.123. The number of hydrogen-bond donors (Lipinski definition) is 1. The number of aryl methyl sites for hydroxylation is 1. The molecular weight excluding hydrogens is 390 g/mol. The van der Waals surface area contributed by atoms with Gasteiger partial charge in [0.05, 0.1) is 12.8 Å². The van der Waals surface area contributed by atoms with Gasteiger partial charge in [-0.05, 0) is 60.9 Å². The normalized spacial score (nSPS) is 10.8. The molecule has 0 saturated heterocycles. The standard InChI is InChI=1S/C25H25N3O3/c1-18-5-4-14-28-16-21(27-24(18)28)17-31-23-7-3-6-20(15-23)25(29)26-13-12-19-8-10-22(30-2)11-9-19/h3-11,14-16H,12-13,17H2,1-2H3,(H,26,29). The number of hydrogen-bond acceptors (Lipinski definition) is 4. The molecule has 4 rings (SSSR count). The first-order valence-corrected chi connectivity index (χ1v) is 10.2. The van der Waals surface area contributed by atoms with Crippen LogP contribution in [-0.4, -0.2) is 28.9 Å². The molecule has 0 aliphatic rings. The van der Waals surface area contributed by atoms with Gasteiger partial charge in [-0.1, -0.05) is 24.3 Å². The Hall–Kier alpha value is -3.80. The van der Waals surface area contributed by atoms with Crippen molar-refractivity contribution in [3.05, 3.63) is 95.4 Å². The molecule has 0 aliphatic carbocycles. The van der Waals surface area contributed by atoms with Gasteiger partial charge >= 0.3 is 0 Å². The second kappa shape index (κ2) is 9.34. The third-order valence-corrected chi connectivity index (χ3v) is 5.07. The summed E-state index contributed by atoms with van der Waals surface area (Å²) in [7, 11) is 1.64. The lowest BCUT2D eigenvalue weighted by atomic mass is 10.1. The van der Waals surface area contributed by atoms with E-state index in [2.05, 4.69) is 10.3 Å². The summed E-state index contributed by atoms with van der Waals surface area (Å²) in [5, 5.41) is 2.96. The van der Waals surface area contributed by atoms with E-state index in [4.69, 9.17) is 9.47 Å². The van der Waals surface area contributed by atoms with E-state index in [9.17, 15) is 4.79 Å². The van der Waals surface area contributed by atoms with Crippen LogP contribution in [0, 0.1) is 6.92 Å². The second-order valence-electron chi connectivity index (χ2n) is 7.32. The van der Waals surface area contributed by atoms with Crippen molar-refractivity contribution in [3.63, 3.8) is 0 Å². The fourth-order valence-electron chi connectivity index (χ4n) is 3.37. The van der Waals surface area contributed by atoms with Crippen molar-refractivity contribution in [2.75, 3.05) is 13.7 Å². The number of nitrogens with zero attached hydrogens (tertiary/aromatic N) is 2. The molecular formula is C25H25N3O3. The quantitative estimate of drug-likeness (QED) is 0.468. The van der Waals surface area contributed by atoms with Crippen LogP contribution in [0.15, 0.2) is 73.1 Å². The SMILES string of the molecule is COc1ccc(CCNC(=O)c2cccc(OCc3cn4cccc(C)c4n3)c2)cc1. The summed E-state index contributed by atoms with van der Waals surface area (Å²) < 4.78 is 13.0. The van der Waals surface area contributed by atoms with Gasteiger partial charge in [-0.25, -0.2) is 4.98 Å². The summed E-state index contributed by atoms with van der Waals surface area (Å²) in [6.07, 6.45) is 4.67. The van der Waals surface area contributed by atoms with Crippen molar-refractivity contribution >= 4 is 11.6 Å². The van der Waals surface area contributed by atoms with E-state index in [-0.39, 0.29) is 5.91 Å². The van der Waals surface area contributed by atoms with Crippen molar-refractivity contribution < 1.29 is 14.3 Å². The third-order valence-electron chi connectivity index (χ3n) is 5.07. The minimum atomic E-state index is -0.123. The molecule has 0 spiro atoms. The van der Waals surface area contributed by atoms with Gasteiger partial charge in [-0.3, -0.25) is 4.79 Å². The summed E-state index contributed by atoms with van der Waals surface area (Å²) in [5.74, 6) is 1.34. The Morgan fingerprint density at radius 2 is 1.90 bits per heavy atom. The highest BCUT2D eigenvalue weighted by Crippen LogP contribution is 2.17. The van der Waals surface area contributed by atoms with E-state index >= 15 is 0 Å². The molecule has 1 amide bonds. The maximum Gasteiger partial charge on any atom is 0.251 e. The van der Waals surface area contributed by atoms with Crippen molar-refractivity contribution in [1.82, 2.24) is 14.7 Å². The molecule has 1 N–H and O–H groups in total. The Kier molecular flexibility index (Phi) is 6.17. The van der Waals surface area contributed by atoms with E-state index in [1.807, 2.05) is 72.2 Å². The summed E-state index contributed by atoms with van der Waals surface area (Å²) in [6, 6.07) is 19.1. The van der Waals surface area contributed by atoms with Gasteiger partial charge in [0.25, 0.3) is 5.91 Å². The van der Waals surface area contributed by atoms with Crippen LogP contribution in [0.5, 0.6) is 11.5 Å². The zero-order valence-corrected chi connectivity index (χ0v) is 17.7.